The van der Waals surface area contributed by atoms with Crippen molar-refractivity contribution in [2.24, 2.45) is 0 Å². The second kappa shape index (κ2) is 6.45. The smallest absolute Gasteiger partial charge is 0.0625 e. The van der Waals surface area contributed by atoms with E-state index in [1.54, 1.807) is 0 Å². The summed E-state index contributed by atoms with van der Waals surface area (Å²) in [6.45, 7) is 2.14. The van der Waals surface area contributed by atoms with Gasteiger partial charge < -0.3 is 4.57 Å². The highest BCUT2D eigenvalue weighted by Crippen LogP contribution is 2.43. The molecular weight excluding hydrogens is 386 g/mol. The molecule has 7 rings (SSSR count). The highest BCUT2D eigenvalue weighted by Gasteiger charge is 2.19. The topological polar surface area (TPSA) is 4.93 Å². The lowest BCUT2D eigenvalue weighted by Crippen LogP contribution is -1.95. The number of hydrogen-bond donors (Lipinski definition) is 0. The minimum atomic E-state index is 1.20. The first kappa shape index (κ1) is 17.6. The molecule has 0 atom stereocenters. The van der Waals surface area contributed by atoms with Crippen LogP contribution in [0.15, 0.2) is 109 Å². The van der Waals surface area contributed by atoms with E-state index in [9.17, 15) is 0 Å². The molecule has 0 saturated carbocycles. The third kappa shape index (κ3) is 2.34. The van der Waals surface area contributed by atoms with Crippen molar-refractivity contribution in [2.45, 2.75) is 6.92 Å². The predicted octanol–water partition coefficient (Wildman–Crippen LogP) is 8.55. The molecule has 0 spiro atoms. The first-order chi connectivity index (χ1) is 15.8. The maximum Gasteiger partial charge on any atom is 0.0625 e. The number of nitrogens with zero attached hydrogens (tertiary/aromatic N) is 1. The van der Waals surface area contributed by atoms with Crippen molar-refractivity contribution in [3.8, 4) is 5.69 Å². The Bertz CT molecular complexity index is 1820. The van der Waals surface area contributed by atoms with Crippen LogP contribution < -0.4 is 0 Å². The first-order valence-corrected chi connectivity index (χ1v) is 11.1. The van der Waals surface area contributed by atoms with Crippen LogP contribution in [-0.2, 0) is 0 Å². The van der Waals surface area contributed by atoms with E-state index < -0.39 is 0 Å². The molecule has 1 heteroatoms. The van der Waals surface area contributed by atoms with Crippen LogP contribution in [0, 0.1) is 6.92 Å². The van der Waals surface area contributed by atoms with Gasteiger partial charge in [0.1, 0.15) is 0 Å². The summed E-state index contributed by atoms with van der Waals surface area (Å²) in [5.41, 5.74) is 5.01. The van der Waals surface area contributed by atoms with Crippen LogP contribution in [0.25, 0.3) is 59.8 Å². The zero-order chi connectivity index (χ0) is 21.2. The van der Waals surface area contributed by atoms with E-state index in [-0.39, 0.29) is 0 Å². The van der Waals surface area contributed by atoms with Crippen molar-refractivity contribution < 1.29 is 0 Å². The summed E-state index contributed by atoms with van der Waals surface area (Å²) < 4.78 is 2.46. The van der Waals surface area contributed by atoms with Crippen molar-refractivity contribution in [1.29, 1.82) is 0 Å². The highest BCUT2D eigenvalue weighted by molar-refractivity contribution is 6.32. The molecule has 1 nitrogen and oxygen atoms in total. The van der Waals surface area contributed by atoms with E-state index in [0.717, 1.165) is 0 Å². The minimum absolute atomic E-state index is 1.20. The van der Waals surface area contributed by atoms with Crippen LogP contribution in [0.4, 0.5) is 0 Å². The van der Waals surface area contributed by atoms with Gasteiger partial charge in [-0.25, -0.2) is 0 Å². The molecule has 6 aromatic carbocycles. The maximum atomic E-state index is 2.46. The molecule has 1 heterocycles. The Morgan fingerprint density at radius 2 is 1.06 bits per heavy atom. The van der Waals surface area contributed by atoms with Gasteiger partial charge in [-0.05, 0) is 58.1 Å². The number of aryl methyl sites for hydroxylation is 1. The Kier molecular flexibility index (Phi) is 3.54. The van der Waals surface area contributed by atoms with Gasteiger partial charge in [0.05, 0.1) is 11.0 Å². The number of rotatable bonds is 1. The fourth-order valence-electron chi connectivity index (χ4n) is 5.32. The summed E-state index contributed by atoms with van der Waals surface area (Å²) in [4.78, 5) is 0. The van der Waals surface area contributed by atoms with Crippen LogP contribution in [-0.4, -0.2) is 4.57 Å². The van der Waals surface area contributed by atoms with Gasteiger partial charge in [-0.2, -0.15) is 0 Å². The van der Waals surface area contributed by atoms with Gasteiger partial charge >= 0.3 is 0 Å². The molecule has 7 aromatic rings. The summed E-state index contributed by atoms with van der Waals surface area (Å²) in [5, 5.41) is 10.4. The quantitative estimate of drug-likeness (QED) is 0.240. The third-order valence-corrected chi connectivity index (χ3v) is 6.80. The SMILES string of the molecule is Cc1ccc(-n2c3cc4ccccc4cc3c3c4ccccc4c4ccccc4c32)cc1. The Labute approximate surface area is 186 Å². The molecule has 0 bridgehead atoms. The van der Waals surface area contributed by atoms with E-state index in [0.29, 0.717) is 0 Å². The lowest BCUT2D eigenvalue weighted by molar-refractivity contribution is 1.18. The fraction of sp³-hybridized carbons (Fsp3) is 0.0323. The van der Waals surface area contributed by atoms with Gasteiger partial charge in [0.25, 0.3) is 0 Å². The zero-order valence-corrected chi connectivity index (χ0v) is 17.8. The monoisotopic (exact) mass is 407 g/mol. The van der Waals surface area contributed by atoms with Crippen LogP contribution in [0.3, 0.4) is 0 Å². The predicted molar refractivity (Wildman–Crippen MR) is 138 cm³/mol. The second-order valence-corrected chi connectivity index (χ2v) is 8.70. The van der Waals surface area contributed by atoms with Gasteiger partial charge in [-0.1, -0.05) is 90.5 Å². The summed E-state index contributed by atoms with van der Waals surface area (Å²) in [6.07, 6.45) is 0. The van der Waals surface area contributed by atoms with Crippen molar-refractivity contribution in [1.82, 2.24) is 4.57 Å². The summed E-state index contributed by atoms with van der Waals surface area (Å²) in [6, 6.07) is 40.0. The Morgan fingerprint density at radius 3 is 1.78 bits per heavy atom. The standard InChI is InChI=1S/C31H21N/c1-20-14-16-23(17-15-20)32-29-19-22-9-3-2-8-21(22)18-28(29)30-26-12-6-4-10-24(26)25-11-5-7-13-27(25)31(30)32/h2-19H,1H3. The fourth-order valence-corrected chi connectivity index (χ4v) is 5.32. The number of benzene rings is 6. The molecule has 0 amide bonds. The molecular formula is C31H21N. The Morgan fingerprint density at radius 1 is 0.500 bits per heavy atom. The molecule has 0 unspecified atom stereocenters. The third-order valence-electron chi connectivity index (χ3n) is 6.80. The maximum absolute atomic E-state index is 2.46. The number of aromatic nitrogens is 1. The largest absolute Gasteiger partial charge is 0.309 e. The Balaban J connectivity index is 1.84. The van der Waals surface area contributed by atoms with Crippen LogP contribution in [0.5, 0.6) is 0 Å². The lowest BCUT2D eigenvalue weighted by Gasteiger charge is -2.12. The molecule has 0 radical (unpaired) electrons. The highest BCUT2D eigenvalue weighted by atomic mass is 15.0. The molecule has 0 fully saturated rings. The summed E-state index contributed by atoms with van der Waals surface area (Å²) >= 11 is 0. The minimum Gasteiger partial charge on any atom is -0.309 e. The Hall–Kier alpha value is -4.10. The average Bonchev–Trinajstić information content (AvgIpc) is 3.18. The first-order valence-electron chi connectivity index (χ1n) is 11.1. The number of fused-ring (bicyclic) bond motifs is 9. The van der Waals surface area contributed by atoms with Crippen LogP contribution in [0.2, 0.25) is 0 Å². The molecule has 32 heavy (non-hydrogen) atoms. The summed E-state index contributed by atoms with van der Waals surface area (Å²) in [5.74, 6) is 0. The van der Waals surface area contributed by atoms with Gasteiger partial charge in [0.2, 0.25) is 0 Å². The molecule has 1 aromatic heterocycles. The number of hydrogen-bond acceptors (Lipinski definition) is 0. The van der Waals surface area contributed by atoms with Crippen LogP contribution in [0.1, 0.15) is 5.56 Å². The van der Waals surface area contributed by atoms with Crippen molar-refractivity contribution >= 4 is 54.1 Å². The molecule has 0 aliphatic carbocycles. The average molecular weight is 408 g/mol. The molecule has 0 aliphatic rings. The van der Waals surface area contributed by atoms with Gasteiger partial charge in [-0.3, -0.25) is 0 Å². The molecule has 0 saturated heterocycles. The van der Waals surface area contributed by atoms with E-state index in [2.05, 4.69) is 121 Å². The van der Waals surface area contributed by atoms with E-state index in [4.69, 9.17) is 0 Å². The summed E-state index contributed by atoms with van der Waals surface area (Å²) in [7, 11) is 0. The molecule has 150 valence electrons. The lowest BCUT2D eigenvalue weighted by atomic mass is 9.96. The van der Waals surface area contributed by atoms with E-state index in [1.807, 2.05) is 0 Å². The normalized spacial score (nSPS) is 11.9. The molecule has 0 aliphatic heterocycles. The van der Waals surface area contributed by atoms with Gasteiger partial charge in [0, 0.05) is 21.8 Å². The van der Waals surface area contributed by atoms with Crippen LogP contribution >= 0.6 is 0 Å². The van der Waals surface area contributed by atoms with Crippen molar-refractivity contribution in [3.05, 3.63) is 115 Å². The second-order valence-electron chi connectivity index (χ2n) is 8.70. The van der Waals surface area contributed by atoms with Crippen molar-refractivity contribution in [3.63, 3.8) is 0 Å². The van der Waals surface area contributed by atoms with E-state index >= 15 is 0 Å². The van der Waals surface area contributed by atoms with Gasteiger partial charge in [0.15, 0.2) is 0 Å². The van der Waals surface area contributed by atoms with Crippen molar-refractivity contribution in [2.75, 3.05) is 0 Å². The van der Waals surface area contributed by atoms with Gasteiger partial charge in [-0.15, -0.1) is 0 Å². The van der Waals surface area contributed by atoms with E-state index in [1.165, 1.54) is 65.4 Å². The zero-order valence-electron chi connectivity index (χ0n) is 17.8. The molecule has 0 N–H and O–H groups in total.